The van der Waals surface area contributed by atoms with Gasteiger partial charge in [-0.3, -0.25) is 9.78 Å². The molecule has 1 aromatic rings. The number of aromatic nitrogens is 1. The van der Waals surface area contributed by atoms with Gasteiger partial charge in [-0.05, 0) is 18.6 Å². The van der Waals surface area contributed by atoms with Gasteiger partial charge in [0.25, 0.3) is 0 Å². The molecular weight excluding hydrogens is 282 g/mol. The number of nitrogens with zero attached hydrogens (tertiary/aromatic N) is 3. The van der Waals surface area contributed by atoms with Gasteiger partial charge in [-0.25, -0.2) is 4.79 Å². The Bertz CT molecular complexity index is 594. The zero-order valence-corrected chi connectivity index (χ0v) is 13.0. The van der Waals surface area contributed by atoms with E-state index in [1.807, 2.05) is 24.0 Å². The SMILES string of the molecule is Cc1cccnc1CC(=O)N1CCC2(CC1)CN(C)C(=O)O2. The van der Waals surface area contributed by atoms with Gasteiger partial charge in [0.05, 0.1) is 18.7 Å². The Labute approximate surface area is 130 Å². The van der Waals surface area contributed by atoms with E-state index in [2.05, 4.69) is 4.98 Å². The maximum absolute atomic E-state index is 12.4. The summed E-state index contributed by atoms with van der Waals surface area (Å²) in [6.07, 6.45) is 3.20. The molecule has 1 spiro atoms. The summed E-state index contributed by atoms with van der Waals surface area (Å²) in [6.45, 7) is 3.85. The minimum Gasteiger partial charge on any atom is -0.441 e. The number of carbonyl (C=O) groups excluding carboxylic acids is 2. The molecule has 118 valence electrons. The number of carbonyl (C=O) groups is 2. The largest absolute Gasteiger partial charge is 0.441 e. The van der Waals surface area contributed by atoms with Gasteiger partial charge in [0, 0.05) is 39.2 Å². The van der Waals surface area contributed by atoms with E-state index in [0.29, 0.717) is 38.9 Å². The molecule has 3 rings (SSSR count). The summed E-state index contributed by atoms with van der Waals surface area (Å²) in [5.41, 5.74) is 1.47. The molecule has 0 aromatic carbocycles. The summed E-state index contributed by atoms with van der Waals surface area (Å²) >= 11 is 0. The number of likely N-dealkylation sites (N-methyl/N-ethyl adjacent to an activating group) is 1. The van der Waals surface area contributed by atoms with Gasteiger partial charge in [-0.1, -0.05) is 6.07 Å². The smallest absolute Gasteiger partial charge is 0.410 e. The number of aryl methyl sites for hydroxylation is 1. The van der Waals surface area contributed by atoms with Crippen LogP contribution in [0.5, 0.6) is 0 Å². The lowest BCUT2D eigenvalue weighted by atomic mass is 9.91. The molecule has 2 amide bonds. The maximum atomic E-state index is 12.4. The average Bonchev–Trinajstić information content (AvgIpc) is 2.76. The predicted octanol–water partition coefficient (Wildman–Crippen LogP) is 1.38. The van der Waals surface area contributed by atoms with Crippen LogP contribution in [0.25, 0.3) is 0 Å². The van der Waals surface area contributed by atoms with Crippen molar-refractivity contribution >= 4 is 12.0 Å². The summed E-state index contributed by atoms with van der Waals surface area (Å²) in [4.78, 5) is 31.7. The Morgan fingerprint density at radius 3 is 2.73 bits per heavy atom. The third kappa shape index (κ3) is 2.77. The number of piperidine rings is 1. The van der Waals surface area contributed by atoms with E-state index in [4.69, 9.17) is 4.74 Å². The molecule has 0 bridgehead atoms. The molecule has 0 aliphatic carbocycles. The second-order valence-corrected chi connectivity index (χ2v) is 6.23. The van der Waals surface area contributed by atoms with Crippen LogP contribution in [0.15, 0.2) is 18.3 Å². The van der Waals surface area contributed by atoms with Crippen LogP contribution in [0.2, 0.25) is 0 Å². The number of likely N-dealkylation sites (tertiary alicyclic amines) is 1. The van der Waals surface area contributed by atoms with E-state index in [1.54, 1.807) is 18.1 Å². The van der Waals surface area contributed by atoms with Crippen molar-refractivity contribution in [2.45, 2.75) is 31.8 Å². The first-order chi connectivity index (χ1) is 10.5. The molecule has 2 aliphatic heterocycles. The zero-order chi connectivity index (χ0) is 15.7. The lowest BCUT2D eigenvalue weighted by Gasteiger charge is -2.37. The van der Waals surface area contributed by atoms with Gasteiger partial charge in [-0.2, -0.15) is 0 Å². The van der Waals surface area contributed by atoms with Crippen molar-refractivity contribution in [2.24, 2.45) is 0 Å². The molecule has 0 radical (unpaired) electrons. The summed E-state index contributed by atoms with van der Waals surface area (Å²) in [6, 6.07) is 3.84. The highest BCUT2D eigenvalue weighted by atomic mass is 16.6. The van der Waals surface area contributed by atoms with Crippen LogP contribution in [0.3, 0.4) is 0 Å². The summed E-state index contributed by atoms with van der Waals surface area (Å²) in [5.74, 6) is 0.0920. The van der Waals surface area contributed by atoms with Crippen molar-refractivity contribution in [3.63, 3.8) is 0 Å². The van der Waals surface area contributed by atoms with Crippen molar-refractivity contribution < 1.29 is 14.3 Å². The van der Waals surface area contributed by atoms with Crippen LogP contribution in [0, 0.1) is 6.92 Å². The Hall–Kier alpha value is -2.11. The fraction of sp³-hybridized carbons (Fsp3) is 0.562. The number of amides is 2. The number of pyridine rings is 1. The normalized spacial score (nSPS) is 20.4. The van der Waals surface area contributed by atoms with Crippen molar-refractivity contribution in [1.29, 1.82) is 0 Å². The van der Waals surface area contributed by atoms with Crippen LogP contribution in [0.4, 0.5) is 4.79 Å². The van der Waals surface area contributed by atoms with E-state index >= 15 is 0 Å². The number of hydrogen-bond donors (Lipinski definition) is 0. The first-order valence-electron chi connectivity index (χ1n) is 7.61. The molecule has 0 unspecified atom stereocenters. The molecule has 0 atom stereocenters. The van der Waals surface area contributed by atoms with Crippen LogP contribution in [-0.2, 0) is 16.0 Å². The second kappa shape index (κ2) is 5.59. The summed E-state index contributed by atoms with van der Waals surface area (Å²) in [5, 5.41) is 0. The van der Waals surface area contributed by atoms with Crippen molar-refractivity contribution in [2.75, 3.05) is 26.7 Å². The van der Waals surface area contributed by atoms with Crippen LogP contribution in [-0.4, -0.2) is 59.1 Å². The average molecular weight is 303 g/mol. The third-order valence-corrected chi connectivity index (χ3v) is 4.60. The topological polar surface area (TPSA) is 62.7 Å². The quantitative estimate of drug-likeness (QED) is 0.828. The lowest BCUT2D eigenvalue weighted by Crippen LogP contribution is -2.49. The molecule has 6 nitrogen and oxygen atoms in total. The van der Waals surface area contributed by atoms with Crippen LogP contribution >= 0.6 is 0 Å². The van der Waals surface area contributed by atoms with E-state index < -0.39 is 5.60 Å². The highest BCUT2D eigenvalue weighted by Gasteiger charge is 2.46. The molecule has 0 saturated carbocycles. The molecule has 2 aliphatic rings. The second-order valence-electron chi connectivity index (χ2n) is 6.23. The number of ether oxygens (including phenoxy) is 1. The fourth-order valence-corrected chi connectivity index (χ4v) is 3.17. The Morgan fingerprint density at radius 1 is 1.41 bits per heavy atom. The third-order valence-electron chi connectivity index (χ3n) is 4.60. The Morgan fingerprint density at radius 2 is 2.14 bits per heavy atom. The lowest BCUT2D eigenvalue weighted by molar-refractivity contribution is -0.133. The van der Waals surface area contributed by atoms with Gasteiger partial charge in [-0.15, -0.1) is 0 Å². The molecule has 1 aromatic heterocycles. The molecule has 0 N–H and O–H groups in total. The van der Waals surface area contributed by atoms with Crippen molar-refractivity contribution in [3.05, 3.63) is 29.6 Å². The van der Waals surface area contributed by atoms with Gasteiger partial charge in [0.15, 0.2) is 0 Å². The molecule has 6 heteroatoms. The van der Waals surface area contributed by atoms with Crippen molar-refractivity contribution in [1.82, 2.24) is 14.8 Å². The molecule has 2 fully saturated rings. The highest BCUT2D eigenvalue weighted by Crippen LogP contribution is 2.32. The van der Waals surface area contributed by atoms with Gasteiger partial charge in [0.1, 0.15) is 5.60 Å². The van der Waals surface area contributed by atoms with Gasteiger partial charge >= 0.3 is 6.09 Å². The van der Waals surface area contributed by atoms with Crippen LogP contribution < -0.4 is 0 Å². The van der Waals surface area contributed by atoms with Gasteiger partial charge < -0.3 is 14.5 Å². The van der Waals surface area contributed by atoms with Crippen molar-refractivity contribution in [3.8, 4) is 0 Å². The monoisotopic (exact) mass is 303 g/mol. The standard InChI is InChI=1S/C16H21N3O3/c1-12-4-3-7-17-13(12)10-14(20)19-8-5-16(6-9-19)11-18(2)15(21)22-16/h3-4,7H,5-6,8-11H2,1-2H3. The van der Waals surface area contributed by atoms with E-state index in [1.165, 1.54) is 0 Å². The molecule has 2 saturated heterocycles. The molecule has 22 heavy (non-hydrogen) atoms. The van der Waals surface area contributed by atoms with E-state index in [0.717, 1.165) is 11.3 Å². The first-order valence-corrected chi connectivity index (χ1v) is 7.61. The number of rotatable bonds is 2. The predicted molar refractivity (Wildman–Crippen MR) is 80.3 cm³/mol. The van der Waals surface area contributed by atoms with E-state index in [9.17, 15) is 9.59 Å². The van der Waals surface area contributed by atoms with Gasteiger partial charge in [0.2, 0.25) is 5.91 Å². The minimum atomic E-state index is -0.399. The zero-order valence-electron chi connectivity index (χ0n) is 13.0. The summed E-state index contributed by atoms with van der Waals surface area (Å²) < 4.78 is 5.50. The highest BCUT2D eigenvalue weighted by molar-refractivity contribution is 5.79. The van der Waals surface area contributed by atoms with Crippen LogP contribution in [0.1, 0.15) is 24.1 Å². The molecular formula is C16H21N3O3. The Kier molecular flexibility index (Phi) is 3.76. The number of hydrogen-bond acceptors (Lipinski definition) is 4. The fourth-order valence-electron chi connectivity index (χ4n) is 3.17. The Balaban J connectivity index is 1.59. The summed E-state index contributed by atoms with van der Waals surface area (Å²) in [7, 11) is 1.75. The molecule has 3 heterocycles. The maximum Gasteiger partial charge on any atom is 0.410 e. The first kappa shape index (κ1) is 14.8. The van der Waals surface area contributed by atoms with E-state index in [-0.39, 0.29) is 12.0 Å². The minimum absolute atomic E-state index is 0.0920.